The number of H-pyrrole nitrogens is 1. The summed E-state index contributed by atoms with van der Waals surface area (Å²) >= 11 is 5.76. The fraction of sp³-hybridized carbons (Fsp3) is 0. The van der Waals surface area contributed by atoms with Crippen LogP contribution in [0.2, 0.25) is 5.02 Å². The van der Waals surface area contributed by atoms with Gasteiger partial charge in [-0.05, 0) is 18.2 Å². The molecule has 0 atom stereocenters. The molecular weight excluding hydrogens is 257 g/mol. The summed E-state index contributed by atoms with van der Waals surface area (Å²) < 4.78 is 13.5. The second kappa shape index (κ2) is 4.23. The van der Waals surface area contributed by atoms with Crippen LogP contribution in [0, 0.1) is 5.95 Å². The summed E-state index contributed by atoms with van der Waals surface area (Å²) in [5.74, 6) is -0.222. The molecule has 3 aromatic rings. The van der Waals surface area contributed by atoms with Crippen molar-refractivity contribution in [3.8, 4) is 0 Å². The Morgan fingerprint density at radius 1 is 1.33 bits per heavy atom. The van der Waals surface area contributed by atoms with E-state index in [2.05, 4.69) is 25.5 Å². The highest BCUT2D eigenvalue weighted by Gasteiger charge is 2.10. The number of rotatable bonds is 2. The molecule has 0 fully saturated rings. The van der Waals surface area contributed by atoms with Crippen molar-refractivity contribution in [3.05, 3.63) is 41.6 Å². The quantitative estimate of drug-likeness (QED) is 0.698. The Labute approximate surface area is 106 Å². The van der Waals surface area contributed by atoms with Gasteiger partial charge in [0.1, 0.15) is 5.52 Å². The molecule has 5 nitrogen and oxygen atoms in total. The maximum atomic E-state index is 13.5. The van der Waals surface area contributed by atoms with Crippen molar-refractivity contribution in [3.63, 3.8) is 0 Å². The van der Waals surface area contributed by atoms with Crippen LogP contribution < -0.4 is 5.32 Å². The predicted octanol–water partition coefficient (Wildman–Crippen LogP) is 2.89. The van der Waals surface area contributed by atoms with E-state index in [-0.39, 0.29) is 5.69 Å². The summed E-state index contributed by atoms with van der Waals surface area (Å²) in [5, 5.41) is 9.97. The minimum atomic E-state index is -0.647. The monoisotopic (exact) mass is 263 g/mol. The molecule has 0 amide bonds. The molecule has 2 N–H and O–H groups in total. The molecule has 90 valence electrons. The number of anilines is 2. The number of hydrogen-bond acceptors (Lipinski definition) is 4. The zero-order chi connectivity index (χ0) is 12.5. The van der Waals surface area contributed by atoms with E-state index in [0.717, 1.165) is 5.52 Å². The molecule has 0 bridgehead atoms. The minimum Gasteiger partial charge on any atom is -0.333 e. The number of aromatic amines is 1. The third kappa shape index (κ3) is 1.86. The van der Waals surface area contributed by atoms with E-state index in [4.69, 9.17) is 11.6 Å². The van der Waals surface area contributed by atoms with Gasteiger partial charge < -0.3 is 5.32 Å². The second-order valence-electron chi connectivity index (χ2n) is 3.59. The number of aromatic nitrogens is 4. The zero-order valence-electron chi connectivity index (χ0n) is 8.98. The van der Waals surface area contributed by atoms with Crippen molar-refractivity contribution in [1.29, 1.82) is 0 Å². The molecule has 0 aromatic carbocycles. The number of hydrogen-bond donors (Lipinski definition) is 2. The standard InChI is InChI=1S/C11H7ClFN5/c12-6-4-8(10(13)15-5-6)16-11-9-7(17-18-11)2-1-3-14-9/h1-5H,(H2,16,17,18). The zero-order valence-corrected chi connectivity index (χ0v) is 9.74. The first-order chi connectivity index (χ1) is 8.74. The summed E-state index contributed by atoms with van der Waals surface area (Å²) in [6.07, 6.45) is 2.87. The van der Waals surface area contributed by atoms with E-state index in [0.29, 0.717) is 16.4 Å². The van der Waals surface area contributed by atoms with Crippen LogP contribution in [-0.2, 0) is 0 Å². The van der Waals surface area contributed by atoms with Crippen molar-refractivity contribution in [2.24, 2.45) is 0 Å². The van der Waals surface area contributed by atoms with Gasteiger partial charge in [0.05, 0.1) is 16.2 Å². The van der Waals surface area contributed by atoms with Crippen molar-refractivity contribution in [1.82, 2.24) is 20.2 Å². The largest absolute Gasteiger partial charge is 0.333 e. The fourth-order valence-electron chi connectivity index (χ4n) is 1.58. The molecule has 18 heavy (non-hydrogen) atoms. The van der Waals surface area contributed by atoms with Gasteiger partial charge in [0.25, 0.3) is 0 Å². The van der Waals surface area contributed by atoms with E-state index < -0.39 is 5.95 Å². The fourth-order valence-corrected chi connectivity index (χ4v) is 1.74. The SMILES string of the molecule is Fc1ncc(Cl)cc1Nc1n[nH]c2cccnc12. The Bertz CT molecular complexity index is 711. The molecule has 3 rings (SSSR count). The van der Waals surface area contributed by atoms with Crippen LogP contribution in [0.5, 0.6) is 0 Å². The number of nitrogens with zero attached hydrogens (tertiary/aromatic N) is 3. The van der Waals surface area contributed by atoms with Gasteiger partial charge in [0.2, 0.25) is 5.95 Å². The average molecular weight is 264 g/mol. The van der Waals surface area contributed by atoms with Crippen molar-refractivity contribution in [2.75, 3.05) is 5.32 Å². The van der Waals surface area contributed by atoms with Crippen molar-refractivity contribution < 1.29 is 4.39 Å². The Morgan fingerprint density at radius 2 is 2.22 bits per heavy atom. The highest BCUT2D eigenvalue weighted by atomic mass is 35.5. The van der Waals surface area contributed by atoms with E-state index in [1.54, 1.807) is 12.3 Å². The number of halogens is 2. The molecule has 0 aliphatic carbocycles. The number of fused-ring (bicyclic) bond motifs is 1. The van der Waals surface area contributed by atoms with Gasteiger partial charge in [-0.25, -0.2) is 4.98 Å². The molecule has 0 saturated carbocycles. The molecular formula is C11H7ClFN5. The molecule has 0 spiro atoms. The van der Waals surface area contributed by atoms with Gasteiger partial charge in [0.15, 0.2) is 5.82 Å². The predicted molar refractivity (Wildman–Crippen MR) is 66.4 cm³/mol. The van der Waals surface area contributed by atoms with Crippen LogP contribution in [0.1, 0.15) is 0 Å². The van der Waals surface area contributed by atoms with Gasteiger partial charge >= 0.3 is 0 Å². The topological polar surface area (TPSA) is 66.5 Å². The van der Waals surface area contributed by atoms with E-state index in [1.807, 2.05) is 6.07 Å². The summed E-state index contributed by atoms with van der Waals surface area (Å²) in [4.78, 5) is 7.68. The summed E-state index contributed by atoms with van der Waals surface area (Å²) in [6.45, 7) is 0. The van der Waals surface area contributed by atoms with Gasteiger partial charge in [-0.1, -0.05) is 11.6 Å². The van der Waals surface area contributed by atoms with Gasteiger partial charge in [-0.2, -0.15) is 9.49 Å². The first-order valence-corrected chi connectivity index (χ1v) is 5.49. The Hall–Kier alpha value is -2.21. The highest BCUT2D eigenvalue weighted by molar-refractivity contribution is 6.30. The molecule has 0 aliphatic rings. The molecule has 0 aliphatic heterocycles. The lowest BCUT2D eigenvalue weighted by molar-refractivity contribution is 0.588. The molecule has 3 aromatic heterocycles. The lowest BCUT2D eigenvalue weighted by Crippen LogP contribution is -1.97. The Kier molecular flexibility index (Phi) is 2.56. The maximum absolute atomic E-state index is 13.5. The summed E-state index contributed by atoms with van der Waals surface area (Å²) in [7, 11) is 0. The third-order valence-corrected chi connectivity index (χ3v) is 2.59. The molecule has 3 heterocycles. The van der Waals surface area contributed by atoms with Gasteiger partial charge in [-0.3, -0.25) is 10.1 Å². The van der Waals surface area contributed by atoms with Crippen molar-refractivity contribution >= 4 is 34.1 Å². The Morgan fingerprint density at radius 3 is 3.11 bits per heavy atom. The number of pyridine rings is 2. The van der Waals surface area contributed by atoms with E-state index in [1.165, 1.54) is 12.3 Å². The highest BCUT2D eigenvalue weighted by Crippen LogP contribution is 2.24. The smallest absolute Gasteiger partial charge is 0.236 e. The molecule has 0 unspecified atom stereocenters. The lowest BCUT2D eigenvalue weighted by atomic mass is 10.3. The molecule has 7 heteroatoms. The van der Waals surface area contributed by atoms with Gasteiger partial charge in [-0.15, -0.1) is 0 Å². The van der Waals surface area contributed by atoms with Crippen LogP contribution in [0.15, 0.2) is 30.6 Å². The lowest BCUT2D eigenvalue weighted by Gasteiger charge is -2.04. The average Bonchev–Trinajstić information content (AvgIpc) is 2.78. The van der Waals surface area contributed by atoms with Crippen LogP contribution in [0.4, 0.5) is 15.9 Å². The molecule has 0 radical (unpaired) electrons. The molecule has 0 saturated heterocycles. The minimum absolute atomic E-state index is 0.154. The number of nitrogens with one attached hydrogen (secondary N) is 2. The first-order valence-electron chi connectivity index (χ1n) is 5.11. The maximum Gasteiger partial charge on any atom is 0.236 e. The van der Waals surface area contributed by atoms with Gasteiger partial charge in [0, 0.05) is 12.4 Å². The Balaban J connectivity index is 2.04. The third-order valence-electron chi connectivity index (χ3n) is 2.38. The summed E-state index contributed by atoms with van der Waals surface area (Å²) in [6, 6.07) is 5.05. The summed E-state index contributed by atoms with van der Waals surface area (Å²) in [5.41, 5.74) is 1.54. The van der Waals surface area contributed by atoms with Crippen LogP contribution >= 0.6 is 11.6 Å². The van der Waals surface area contributed by atoms with E-state index in [9.17, 15) is 4.39 Å². The first kappa shape index (κ1) is 10.9. The van der Waals surface area contributed by atoms with Crippen LogP contribution in [0.25, 0.3) is 11.0 Å². The van der Waals surface area contributed by atoms with Crippen LogP contribution in [0.3, 0.4) is 0 Å². The normalized spacial score (nSPS) is 10.8. The van der Waals surface area contributed by atoms with Crippen molar-refractivity contribution in [2.45, 2.75) is 0 Å². The van der Waals surface area contributed by atoms with E-state index >= 15 is 0 Å². The van der Waals surface area contributed by atoms with Crippen LogP contribution in [-0.4, -0.2) is 20.2 Å². The second-order valence-corrected chi connectivity index (χ2v) is 4.03.